The number of anilines is 2. The van der Waals surface area contributed by atoms with Crippen molar-refractivity contribution in [3.05, 3.63) is 96.1 Å². The van der Waals surface area contributed by atoms with Gasteiger partial charge in [0.15, 0.2) is 0 Å². The smallest absolute Gasteiger partial charge is 0.399 e. The van der Waals surface area contributed by atoms with Crippen molar-refractivity contribution in [2.75, 3.05) is 11.5 Å². The van der Waals surface area contributed by atoms with Gasteiger partial charge in [0.1, 0.15) is 0 Å². The third-order valence-corrected chi connectivity index (χ3v) is 5.38. The molecule has 2 nitrogen and oxygen atoms in total. The lowest BCUT2D eigenvalue weighted by molar-refractivity contribution is -0.138. The van der Waals surface area contributed by atoms with Crippen LogP contribution in [0.5, 0.6) is 0 Å². The third-order valence-electron chi connectivity index (χ3n) is 5.38. The molecule has 0 fully saturated rings. The second kappa shape index (κ2) is 8.44. The number of nitrogen functional groups attached to an aromatic ring is 2. The van der Waals surface area contributed by atoms with Crippen molar-refractivity contribution in [1.82, 2.24) is 0 Å². The zero-order valence-electron chi connectivity index (χ0n) is 17.5. The highest BCUT2D eigenvalue weighted by Gasteiger charge is 2.31. The molecule has 34 heavy (non-hydrogen) atoms. The fourth-order valence-electron chi connectivity index (χ4n) is 3.80. The second-order valence-corrected chi connectivity index (χ2v) is 7.77. The zero-order chi connectivity index (χ0) is 24.7. The minimum Gasteiger partial charge on any atom is -0.399 e. The van der Waals surface area contributed by atoms with Gasteiger partial charge in [0.2, 0.25) is 0 Å². The minimum atomic E-state index is -4.54. The first kappa shape index (κ1) is 23.2. The Kier molecular flexibility index (Phi) is 5.77. The van der Waals surface area contributed by atoms with Crippen molar-refractivity contribution in [3.63, 3.8) is 0 Å². The monoisotopic (exact) mass is 472 g/mol. The van der Waals surface area contributed by atoms with Crippen molar-refractivity contribution in [2.24, 2.45) is 0 Å². The maximum Gasteiger partial charge on any atom is 0.416 e. The lowest BCUT2D eigenvalue weighted by atomic mass is 9.88. The largest absolute Gasteiger partial charge is 0.416 e. The van der Waals surface area contributed by atoms with Crippen LogP contribution in [0.15, 0.2) is 84.9 Å². The molecule has 0 atom stereocenters. The zero-order valence-corrected chi connectivity index (χ0v) is 17.5. The summed E-state index contributed by atoms with van der Waals surface area (Å²) in [5.74, 6) is 0. The molecule has 0 unspecified atom stereocenters. The van der Waals surface area contributed by atoms with E-state index in [1.165, 1.54) is 36.4 Å². The van der Waals surface area contributed by atoms with E-state index in [-0.39, 0.29) is 11.1 Å². The number of rotatable bonds is 3. The number of hydrogen-bond donors (Lipinski definition) is 2. The average Bonchev–Trinajstić information content (AvgIpc) is 2.78. The number of benzene rings is 4. The van der Waals surface area contributed by atoms with Crippen molar-refractivity contribution in [3.8, 4) is 33.4 Å². The average molecular weight is 472 g/mol. The van der Waals surface area contributed by atoms with Crippen LogP contribution in [0.1, 0.15) is 11.1 Å². The van der Waals surface area contributed by atoms with Gasteiger partial charge < -0.3 is 11.5 Å². The molecule has 0 aromatic heterocycles. The van der Waals surface area contributed by atoms with E-state index in [0.717, 1.165) is 24.3 Å². The molecule has 0 bridgehead atoms. The summed E-state index contributed by atoms with van der Waals surface area (Å²) in [6, 6.07) is 19.1. The van der Waals surface area contributed by atoms with E-state index in [1.807, 2.05) is 0 Å². The van der Waals surface area contributed by atoms with Crippen LogP contribution >= 0.6 is 0 Å². The molecular weight excluding hydrogens is 454 g/mol. The molecular formula is C26H18F6N2. The lowest BCUT2D eigenvalue weighted by Gasteiger charge is -2.18. The predicted octanol–water partition coefficient (Wildman–Crippen LogP) is 7.89. The Morgan fingerprint density at radius 2 is 0.824 bits per heavy atom. The van der Waals surface area contributed by atoms with E-state index in [0.29, 0.717) is 33.6 Å². The predicted molar refractivity (Wildman–Crippen MR) is 122 cm³/mol. The van der Waals surface area contributed by atoms with Gasteiger partial charge in [-0.3, -0.25) is 0 Å². The van der Waals surface area contributed by atoms with E-state index >= 15 is 0 Å². The van der Waals surface area contributed by atoms with Gasteiger partial charge in [0.25, 0.3) is 0 Å². The molecule has 0 radical (unpaired) electrons. The molecule has 174 valence electrons. The molecule has 0 aliphatic rings. The highest BCUT2D eigenvalue weighted by Crippen LogP contribution is 2.42. The molecule has 4 rings (SSSR count). The maximum absolute atomic E-state index is 13.3. The maximum atomic E-state index is 13.3. The Morgan fingerprint density at radius 3 is 1.18 bits per heavy atom. The van der Waals surface area contributed by atoms with Gasteiger partial charge in [-0.15, -0.1) is 0 Å². The van der Waals surface area contributed by atoms with Crippen LogP contribution in [0.3, 0.4) is 0 Å². The van der Waals surface area contributed by atoms with Crippen LogP contribution < -0.4 is 11.5 Å². The van der Waals surface area contributed by atoms with E-state index in [9.17, 15) is 26.3 Å². The van der Waals surface area contributed by atoms with Gasteiger partial charge >= 0.3 is 12.4 Å². The van der Waals surface area contributed by atoms with E-state index in [4.69, 9.17) is 11.5 Å². The fraction of sp³-hybridized carbons (Fsp3) is 0.0769. The molecule has 4 aromatic carbocycles. The number of halogens is 6. The molecule has 0 amide bonds. The molecule has 4 aromatic rings. The molecule has 4 N–H and O–H groups in total. The quantitative estimate of drug-likeness (QED) is 0.235. The van der Waals surface area contributed by atoms with Gasteiger partial charge in [-0.25, -0.2) is 0 Å². The van der Waals surface area contributed by atoms with Crippen molar-refractivity contribution >= 4 is 11.4 Å². The molecule has 8 heteroatoms. The van der Waals surface area contributed by atoms with Gasteiger partial charge in [-0.05, 0) is 81.9 Å². The van der Waals surface area contributed by atoms with Crippen molar-refractivity contribution in [1.29, 1.82) is 0 Å². The molecule has 0 spiro atoms. The van der Waals surface area contributed by atoms with Crippen molar-refractivity contribution in [2.45, 2.75) is 12.4 Å². The summed E-state index contributed by atoms with van der Waals surface area (Å²) in [7, 11) is 0. The first-order chi connectivity index (χ1) is 15.9. The van der Waals surface area contributed by atoms with Crippen LogP contribution in [0, 0.1) is 0 Å². The Labute approximate surface area is 191 Å². The fourth-order valence-corrected chi connectivity index (χ4v) is 3.80. The Balaban J connectivity index is 1.95. The summed E-state index contributed by atoms with van der Waals surface area (Å²) in [6.45, 7) is 0. The molecule has 0 aliphatic heterocycles. The Morgan fingerprint density at radius 1 is 0.441 bits per heavy atom. The summed E-state index contributed by atoms with van der Waals surface area (Å²) >= 11 is 0. The molecule has 0 saturated heterocycles. The molecule has 0 aliphatic carbocycles. The van der Waals surface area contributed by atoms with Crippen LogP contribution in [0.25, 0.3) is 33.4 Å². The summed E-state index contributed by atoms with van der Waals surface area (Å²) in [4.78, 5) is 0. The summed E-state index contributed by atoms with van der Waals surface area (Å²) in [5.41, 5.74) is 13.2. The Hall–Kier alpha value is -3.94. The first-order valence-corrected chi connectivity index (χ1v) is 10.1. The number of nitrogens with two attached hydrogens (primary N) is 2. The highest BCUT2D eigenvalue weighted by atomic mass is 19.4. The SMILES string of the molecule is Nc1ccc(-c2ccc(N)cc2-c2cccc(C(F)(F)F)c2)c(-c2cccc(C(F)(F)F)c2)c1. The first-order valence-electron chi connectivity index (χ1n) is 10.1. The Bertz CT molecular complexity index is 1250. The van der Waals surface area contributed by atoms with Crippen molar-refractivity contribution < 1.29 is 26.3 Å². The topological polar surface area (TPSA) is 52.0 Å². The summed E-state index contributed by atoms with van der Waals surface area (Å²) in [5, 5.41) is 0. The highest BCUT2D eigenvalue weighted by molar-refractivity contribution is 5.93. The number of alkyl halides is 6. The van der Waals surface area contributed by atoms with Crippen LogP contribution in [0.4, 0.5) is 37.7 Å². The van der Waals surface area contributed by atoms with Crippen LogP contribution in [-0.4, -0.2) is 0 Å². The molecule has 0 heterocycles. The number of hydrogen-bond acceptors (Lipinski definition) is 2. The summed E-state index contributed by atoms with van der Waals surface area (Å²) < 4.78 is 79.9. The summed E-state index contributed by atoms with van der Waals surface area (Å²) in [6.07, 6.45) is -9.08. The van der Waals surface area contributed by atoms with Crippen LogP contribution in [0.2, 0.25) is 0 Å². The van der Waals surface area contributed by atoms with E-state index < -0.39 is 23.5 Å². The van der Waals surface area contributed by atoms with Gasteiger partial charge in [-0.1, -0.05) is 36.4 Å². The lowest BCUT2D eigenvalue weighted by Crippen LogP contribution is -2.05. The normalized spacial score (nSPS) is 12.1. The van der Waals surface area contributed by atoms with Gasteiger partial charge in [-0.2, -0.15) is 26.3 Å². The standard InChI is InChI=1S/C26H18F6N2/c27-25(28,29)17-5-1-3-15(11-17)23-13-19(33)7-9-21(23)22-10-8-20(34)14-24(22)16-4-2-6-18(12-16)26(30,31)32/h1-14H,33-34H2. The third kappa shape index (κ3) is 4.71. The van der Waals surface area contributed by atoms with E-state index in [1.54, 1.807) is 24.3 Å². The van der Waals surface area contributed by atoms with E-state index in [2.05, 4.69) is 0 Å². The minimum absolute atomic E-state index is 0.268. The van der Waals surface area contributed by atoms with Gasteiger partial charge in [0.05, 0.1) is 11.1 Å². The van der Waals surface area contributed by atoms with Gasteiger partial charge in [0, 0.05) is 11.4 Å². The second-order valence-electron chi connectivity index (χ2n) is 7.77. The van der Waals surface area contributed by atoms with Crippen LogP contribution in [-0.2, 0) is 12.4 Å². The molecule has 0 saturated carbocycles.